The van der Waals surface area contributed by atoms with Crippen LogP contribution in [0.15, 0.2) is 77.5 Å². The largest absolute Gasteiger partial charge is 0.467 e. The summed E-state index contributed by atoms with van der Waals surface area (Å²) in [5, 5.41) is 17.2. The standard InChI is InChI=1S/C24H22ClN3O4/c25-17-9-7-15(8-10-17)23(30)28-20(12-16-13-26-19-5-2-1-4-18(16)19)24(31)27-14-21(29)22-6-3-11-32-22/h1-11,13,20-21,26,29H,12,14H2,(H,27,31)(H,28,30). The Hall–Kier alpha value is -3.55. The van der Waals surface area contributed by atoms with Crippen LogP contribution in [-0.2, 0) is 11.2 Å². The Kier molecular flexibility index (Phi) is 6.58. The van der Waals surface area contributed by atoms with Crippen molar-refractivity contribution >= 4 is 34.3 Å². The Morgan fingerprint density at radius 1 is 1.06 bits per heavy atom. The average molecular weight is 452 g/mol. The molecule has 4 N–H and O–H groups in total. The lowest BCUT2D eigenvalue weighted by molar-refractivity contribution is -0.123. The molecule has 0 aliphatic heterocycles. The summed E-state index contributed by atoms with van der Waals surface area (Å²) in [6.07, 6.45) is 2.56. The second-order valence-electron chi connectivity index (χ2n) is 7.37. The highest BCUT2D eigenvalue weighted by molar-refractivity contribution is 6.30. The summed E-state index contributed by atoms with van der Waals surface area (Å²) in [5.41, 5.74) is 2.23. The number of hydrogen-bond donors (Lipinski definition) is 4. The molecule has 2 amide bonds. The number of aliphatic hydroxyl groups excluding tert-OH is 1. The molecule has 2 aromatic heterocycles. The molecule has 164 valence electrons. The van der Waals surface area contributed by atoms with Gasteiger partial charge in [0, 0.05) is 34.1 Å². The van der Waals surface area contributed by atoms with Gasteiger partial charge in [-0.2, -0.15) is 0 Å². The Labute approximate surface area is 189 Å². The summed E-state index contributed by atoms with van der Waals surface area (Å²) in [7, 11) is 0. The van der Waals surface area contributed by atoms with E-state index in [4.69, 9.17) is 16.0 Å². The number of hydrogen-bond acceptors (Lipinski definition) is 4. The van der Waals surface area contributed by atoms with Crippen molar-refractivity contribution in [3.05, 3.63) is 95.0 Å². The topological polar surface area (TPSA) is 107 Å². The van der Waals surface area contributed by atoms with Gasteiger partial charge in [-0.05, 0) is 48.0 Å². The van der Waals surface area contributed by atoms with Crippen molar-refractivity contribution in [3.63, 3.8) is 0 Å². The molecular formula is C24H22ClN3O4. The number of rotatable bonds is 8. The first-order valence-electron chi connectivity index (χ1n) is 10.1. The first-order chi connectivity index (χ1) is 15.5. The van der Waals surface area contributed by atoms with Gasteiger partial charge >= 0.3 is 0 Å². The van der Waals surface area contributed by atoms with Crippen molar-refractivity contribution in [2.75, 3.05) is 6.54 Å². The molecule has 0 spiro atoms. The summed E-state index contributed by atoms with van der Waals surface area (Å²) in [6.45, 7) is -0.0481. The molecule has 0 saturated heterocycles. The molecule has 0 fully saturated rings. The molecule has 4 aromatic rings. The van der Waals surface area contributed by atoms with Crippen LogP contribution in [0.25, 0.3) is 10.9 Å². The molecule has 4 rings (SSSR count). The van der Waals surface area contributed by atoms with Crippen LogP contribution in [0.3, 0.4) is 0 Å². The van der Waals surface area contributed by atoms with Gasteiger partial charge in [0.25, 0.3) is 5.91 Å². The van der Waals surface area contributed by atoms with E-state index in [9.17, 15) is 14.7 Å². The molecule has 32 heavy (non-hydrogen) atoms. The minimum absolute atomic E-state index is 0.0481. The predicted molar refractivity (Wildman–Crippen MR) is 121 cm³/mol. The Balaban J connectivity index is 1.51. The van der Waals surface area contributed by atoms with Crippen LogP contribution in [0.5, 0.6) is 0 Å². The van der Waals surface area contributed by atoms with E-state index in [1.807, 2.05) is 30.5 Å². The van der Waals surface area contributed by atoms with Gasteiger partial charge in [-0.1, -0.05) is 29.8 Å². The van der Waals surface area contributed by atoms with Gasteiger partial charge in [-0.15, -0.1) is 0 Å². The van der Waals surface area contributed by atoms with Crippen molar-refractivity contribution in [1.82, 2.24) is 15.6 Å². The normalized spacial score (nSPS) is 12.9. The Morgan fingerprint density at radius 2 is 1.84 bits per heavy atom. The SMILES string of the molecule is O=C(NC(Cc1c[nH]c2ccccc12)C(=O)NCC(O)c1ccco1)c1ccc(Cl)cc1. The third-order valence-electron chi connectivity index (χ3n) is 5.17. The van der Waals surface area contributed by atoms with E-state index in [-0.39, 0.29) is 13.0 Å². The lowest BCUT2D eigenvalue weighted by Gasteiger charge is -2.19. The van der Waals surface area contributed by atoms with Crippen molar-refractivity contribution in [3.8, 4) is 0 Å². The fourth-order valence-corrected chi connectivity index (χ4v) is 3.60. The molecular weight excluding hydrogens is 430 g/mol. The van der Waals surface area contributed by atoms with Crippen molar-refractivity contribution < 1.29 is 19.1 Å². The van der Waals surface area contributed by atoms with E-state index in [1.54, 1.807) is 36.4 Å². The third kappa shape index (κ3) is 5.01. The molecule has 2 aromatic carbocycles. The zero-order valence-corrected chi connectivity index (χ0v) is 17.8. The highest BCUT2D eigenvalue weighted by atomic mass is 35.5. The van der Waals surface area contributed by atoms with Crippen LogP contribution in [0, 0.1) is 0 Å². The fraction of sp³-hybridized carbons (Fsp3) is 0.167. The second-order valence-corrected chi connectivity index (χ2v) is 7.81. The smallest absolute Gasteiger partial charge is 0.251 e. The van der Waals surface area contributed by atoms with E-state index in [1.165, 1.54) is 6.26 Å². The first-order valence-corrected chi connectivity index (χ1v) is 10.5. The highest BCUT2D eigenvalue weighted by Crippen LogP contribution is 2.20. The molecule has 7 nitrogen and oxygen atoms in total. The quantitative estimate of drug-likeness (QED) is 0.328. The monoisotopic (exact) mass is 451 g/mol. The summed E-state index contributed by atoms with van der Waals surface area (Å²) >= 11 is 5.91. The first kappa shape index (κ1) is 21.7. The number of carbonyl (C=O) groups is 2. The minimum atomic E-state index is -0.991. The molecule has 0 aliphatic rings. The molecule has 0 aliphatic carbocycles. The van der Waals surface area contributed by atoms with Gasteiger partial charge in [0.05, 0.1) is 12.8 Å². The van der Waals surface area contributed by atoms with Crippen LogP contribution in [0.1, 0.15) is 27.8 Å². The van der Waals surface area contributed by atoms with E-state index in [0.29, 0.717) is 16.3 Å². The molecule has 0 bridgehead atoms. The summed E-state index contributed by atoms with van der Waals surface area (Å²) in [4.78, 5) is 29.0. The lowest BCUT2D eigenvalue weighted by atomic mass is 10.0. The Bertz CT molecular complexity index is 1200. The number of H-pyrrole nitrogens is 1. The number of furan rings is 1. The maximum absolute atomic E-state index is 13.0. The van der Waals surface area contributed by atoms with Crippen LogP contribution < -0.4 is 10.6 Å². The average Bonchev–Trinajstić information content (AvgIpc) is 3.48. The predicted octanol–water partition coefficient (Wildman–Crippen LogP) is 3.61. The number of aromatic amines is 1. The van der Waals surface area contributed by atoms with Crippen LogP contribution in [0.2, 0.25) is 5.02 Å². The van der Waals surface area contributed by atoms with Crippen LogP contribution >= 0.6 is 11.6 Å². The molecule has 0 radical (unpaired) electrons. The van der Waals surface area contributed by atoms with E-state index < -0.39 is 24.0 Å². The maximum Gasteiger partial charge on any atom is 0.251 e. The second kappa shape index (κ2) is 9.72. The number of aliphatic hydroxyl groups is 1. The number of carbonyl (C=O) groups excluding carboxylic acids is 2. The van der Waals surface area contributed by atoms with Gasteiger partial charge in [-0.3, -0.25) is 9.59 Å². The van der Waals surface area contributed by atoms with E-state index in [2.05, 4.69) is 15.6 Å². The lowest BCUT2D eigenvalue weighted by Crippen LogP contribution is -2.48. The number of halogens is 1. The van der Waals surface area contributed by atoms with E-state index in [0.717, 1.165) is 16.5 Å². The van der Waals surface area contributed by atoms with Gasteiger partial charge in [0.15, 0.2) is 0 Å². The van der Waals surface area contributed by atoms with Crippen LogP contribution in [0.4, 0.5) is 0 Å². The molecule has 0 saturated carbocycles. The zero-order valence-electron chi connectivity index (χ0n) is 17.0. The number of benzene rings is 2. The number of amides is 2. The van der Waals surface area contributed by atoms with Crippen molar-refractivity contribution in [1.29, 1.82) is 0 Å². The number of para-hydroxylation sites is 1. The zero-order chi connectivity index (χ0) is 22.5. The molecule has 2 heterocycles. The molecule has 8 heteroatoms. The Morgan fingerprint density at radius 3 is 2.59 bits per heavy atom. The summed E-state index contributed by atoms with van der Waals surface area (Å²) in [6, 6.07) is 16.6. The number of nitrogens with one attached hydrogen (secondary N) is 3. The van der Waals surface area contributed by atoms with Gasteiger partial charge in [0.1, 0.15) is 17.9 Å². The number of fused-ring (bicyclic) bond motifs is 1. The molecule has 2 unspecified atom stereocenters. The van der Waals surface area contributed by atoms with Crippen LogP contribution in [-0.4, -0.2) is 34.5 Å². The van der Waals surface area contributed by atoms with Crippen molar-refractivity contribution in [2.24, 2.45) is 0 Å². The minimum Gasteiger partial charge on any atom is -0.467 e. The van der Waals surface area contributed by atoms with Gasteiger partial charge < -0.3 is 25.1 Å². The maximum atomic E-state index is 13.0. The van der Waals surface area contributed by atoms with Gasteiger partial charge in [-0.25, -0.2) is 0 Å². The van der Waals surface area contributed by atoms with Crippen molar-refractivity contribution in [2.45, 2.75) is 18.6 Å². The summed E-state index contributed by atoms with van der Waals surface area (Å²) in [5.74, 6) is -0.458. The third-order valence-corrected chi connectivity index (χ3v) is 5.42. The van der Waals surface area contributed by atoms with E-state index >= 15 is 0 Å². The molecule has 2 atom stereocenters. The highest BCUT2D eigenvalue weighted by Gasteiger charge is 2.24. The number of aromatic nitrogens is 1. The fourth-order valence-electron chi connectivity index (χ4n) is 3.47. The summed E-state index contributed by atoms with van der Waals surface area (Å²) < 4.78 is 5.17. The van der Waals surface area contributed by atoms with Gasteiger partial charge in [0.2, 0.25) is 5.91 Å².